The third kappa shape index (κ3) is 2.68. The van der Waals surface area contributed by atoms with Crippen molar-refractivity contribution in [2.75, 3.05) is 26.2 Å². The molecular weight excluding hydrogens is 256 g/mol. The molecule has 0 aliphatic carbocycles. The number of carbonyl (C=O) groups is 2. The Morgan fingerprint density at radius 3 is 2.40 bits per heavy atom. The van der Waals surface area contributed by atoms with E-state index in [1.54, 1.807) is 11.8 Å². The lowest BCUT2D eigenvalue weighted by molar-refractivity contribution is -0.149. The Hall–Kier alpha value is -1.10. The maximum atomic E-state index is 12.9. The van der Waals surface area contributed by atoms with E-state index in [9.17, 15) is 14.7 Å². The maximum absolute atomic E-state index is 12.9. The van der Waals surface area contributed by atoms with Crippen LogP contribution >= 0.6 is 0 Å². The fraction of sp³-hybridized carbons (Fsp3) is 0.867. The van der Waals surface area contributed by atoms with Gasteiger partial charge in [0.15, 0.2) is 0 Å². The van der Waals surface area contributed by atoms with Gasteiger partial charge in [0.1, 0.15) is 0 Å². The van der Waals surface area contributed by atoms with Gasteiger partial charge < -0.3 is 15.3 Å². The van der Waals surface area contributed by atoms with Crippen LogP contribution < -0.4 is 5.32 Å². The van der Waals surface area contributed by atoms with E-state index in [0.29, 0.717) is 19.5 Å². The summed E-state index contributed by atoms with van der Waals surface area (Å²) in [6, 6.07) is 0. The van der Waals surface area contributed by atoms with Gasteiger partial charge in [0.2, 0.25) is 5.91 Å². The zero-order valence-corrected chi connectivity index (χ0v) is 12.6. The molecule has 5 nitrogen and oxygen atoms in total. The summed E-state index contributed by atoms with van der Waals surface area (Å²) >= 11 is 0. The molecular formula is C15H26N2O3. The second-order valence-corrected chi connectivity index (χ2v) is 6.62. The molecule has 5 heteroatoms. The molecule has 0 aromatic carbocycles. The predicted octanol–water partition coefficient (Wildman–Crippen LogP) is 1.48. The summed E-state index contributed by atoms with van der Waals surface area (Å²) in [5.41, 5.74) is -1.03. The van der Waals surface area contributed by atoms with E-state index in [1.165, 1.54) is 0 Å². The third-order valence-corrected chi connectivity index (χ3v) is 5.02. The van der Waals surface area contributed by atoms with Gasteiger partial charge in [-0.05, 0) is 45.7 Å². The fourth-order valence-electron chi connectivity index (χ4n) is 3.60. The van der Waals surface area contributed by atoms with Crippen LogP contribution in [0.4, 0.5) is 0 Å². The first kappa shape index (κ1) is 15.3. The minimum atomic E-state index is -0.789. The monoisotopic (exact) mass is 282 g/mol. The molecule has 2 saturated heterocycles. The lowest BCUT2D eigenvalue weighted by atomic mass is 9.74. The van der Waals surface area contributed by atoms with E-state index in [4.69, 9.17) is 0 Å². The van der Waals surface area contributed by atoms with E-state index < -0.39 is 11.4 Å². The Balaban J connectivity index is 2.11. The molecule has 114 valence electrons. The zero-order chi connectivity index (χ0) is 14.8. The molecule has 2 rings (SSSR count). The first-order valence-corrected chi connectivity index (χ1v) is 7.67. The molecule has 1 amide bonds. The van der Waals surface area contributed by atoms with Crippen LogP contribution in [0.25, 0.3) is 0 Å². The van der Waals surface area contributed by atoms with Crippen LogP contribution in [0.5, 0.6) is 0 Å². The van der Waals surface area contributed by atoms with Gasteiger partial charge in [0, 0.05) is 13.1 Å². The lowest BCUT2D eigenvalue weighted by Crippen LogP contribution is -2.49. The summed E-state index contributed by atoms with van der Waals surface area (Å²) in [6.07, 6.45) is 4.22. The molecule has 0 spiro atoms. The number of piperidine rings is 1. The molecule has 2 aliphatic heterocycles. The van der Waals surface area contributed by atoms with Crippen LogP contribution in [0.1, 0.15) is 46.0 Å². The van der Waals surface area contributed by atoms with Gasteiger partial charge in [0.25, 0.3) is 0 Å². The molecule has 2 fully saturated rings. The minimum absolute atomic E-state index is 0.186. The number of hydrogen-bond acceptors (Lipinski definition) is 3. The predicted molar refractivity (Wildman–Crippen MR) is 76.4 cm³/mol. The molecule has 2 heterocycles. The van der Waals surface area contributed by atoms with Crippen molar-refractivity contribution in [3.63, 3.8) is 0 Å². The number of carboxylic acid groups (broad SMARTS) is 1. The molecule has 2 aliphatic rings. The molecule has 0 aromatic heterocycles. The maximum Gasteiger partial charge on any atom is 0.311 e. The number of nitrogens with one attached hydrogen (secondary N) is 1. The smallest absolute Gasteiger partial charge is 0.311 e. The number of carbonyl (C=O) groups excluding carboxylic acids is 1. The molecule has 1 atom stereocenters. The van der Waals surface area contributed by atoms with Crippen LogP contribution in [-0.2, 0) is 9.59 Å². The number of aliphatic carboxylic acids is 1. The van der Waals surface area contributed by atoms with Gasteiger partial charge in [-0.15, -0.1) is 0 Å². The van der Waals surface area contributed by atoms with Crippen LogP contribution in [0.3, 0.4) is 0 Å². The van der Waals surface area contributed by atoms with Crippen molar-refractivity contribution in [3.8, 4) is 0 Å². The van der Waals surface area contributed by atoms with Crippen molar-refractivity contribution in [1.82, 2.24) is 10.2 Å². The number of amides is 1. The van der Waals surface area contributed by atoms with Gasteiger partial charge in [-0.1, -0.05) is 13.3 Å². The molecule has 0 radical (unpaired) electrons. The molecule has 1 unspecified atom stereocenters. The second-order valence-electron chi connectivity index (χ2n) is 6.62. The van der Waals surface area contributed by atoms with Gasteiger partial charge in [-0.2, -0.15) is 0 Å². The van der Waals surface area contributed by atoms with Crippen molar-refractivity contribution in [1.29, 1.82) is 0 Å². The molecule has 20 heavy (non-hydrogen) atoms. The van der Waals surface area contributed by atoms with Gasteiger partial charge in [0.05, 0.1) is 10.8 Å². The Morgan fingerprint density at radius 1 is 1.25 bits per heavy atom. The van der Waals surface area contributed by atoms with Crippen LogP contribution in [0.15, 0.2) is 0 Å². The van der Waals surface area contributed by atoms with Gasteiger partial charge in [-0.3, -0.25) is 9.59 Å². The summed E-state index contributed by atoms with van der Waals surface area (Å²) in [4.78, 5) is 26.1. The highest BCUT2D eigenvalue weighted by Crippen LogP contribution is 2.39. The number of likely N-dealkylation sites (tertiary alicyclic amines) is 1. The van der Waals surface area contributed by atoms with Crippen molar-refractivity contribution in [3.05, 3.63) is 0 Å². The van der Waals surface area contributed by atoms with E-state index in [-0.39, 0.29) is 11.3 Å². The number of hydrogen-bond donors (Lipinski definition) is 2. The Bertz CT molecular complexity index is 385. The average molecular weight is 282 g/mol. The highest BCUT2D eigenvalue weighted by atomic mass is 16.4. The zero-order valence-electron chi connectivity index (χ0n) is 12.6. The summed E-state index contributed by atoms with van der Waals surface area (Å²) in [6.45, 7) is 6.58. The van der Waals surface area contributed by atoms with E-state index >= 15 is 0 Å². The van der Waals surface area contributed by atoms with E-state index in [0.717, 1.165) is 38.8 Å². The van der Waals surface area contributed by atoms with Crippen molar-refractivity contribution in [2.24, 2.45) is 10.8 Å². The van der Waals surface area contributed by atoms with Crippen LogP contribution in [0.2, 0.25) is 0 Å². The molecule has 0 bridgehead atoms. The normalized spacial score (nSPS) is 29.4. The summed E-state index contributed by atoms with van der Waals surface area (Å²) in [5.74, 6) is -0.603. The van der Waals surface area contributed by atoms with Crippen LogP contribution in [-0.4, -0.2) is 48.1 Å². The number of rotatable bonds is 4. The van der Waals surface area contributed by atoms with Crippen molar-refractivity contribution >= 4 is 11.9 Å². The first-order chi connectivity index (χ1) is 9.43. The van der Waals surface area contributed by atoms with Crippen LogP contribution in [0, 0.1) is 10.8 Å². The molecule has 0 aromatic rings. The average Bonchev–Trinajstić information content (AvgIpc) is 2.83. The summed E-state index contributed by atoms with van der Waals surface area (Å²) in [5, 5.41) is 12.6. The number of nitrogens with zero attached hydrogens (tertiary/aromatic N) is 1. The standard InChI is InChI=1S/C15H26N2O3/c1-3-4-15(5-8-16-9-6-15)12(18)17-10-7-14(2,11-17)13(19)20/h16H,3-11H2,1-2H3,(H,19,20). The molecule has 0 saturated carbocycles. The largest absolute Gasteiger partial charge is 0.481 e. The topological polar surface area (TPSA) is 69.6 Å². The fourth-order valence-corrected chi connectivity index (χ4v) is 3.60. The Labute approximate surface area is 120 Å². The lowest BCUT2D eigenvalue weighted by Gasteiger charge is -2.39. The van der Waals surface area contributed by atoms with E-state index in [1.807, 2.05) is 0 Å². The third-order valence-electron chi connectivity index (χ3n) is 5.02. The number of carboxylic acids is 1. The highest BCUT2D eigenvalue weighted by Gasteiger charge is 2.47. The second kappa shape index (κ2) is 5.72. The quantitative estimate of drug-likeness (QED) is 0.819. The van der Waals surface area contributed by atoms with Crippen molar-refractivity contribution < 1.29 is 14.7 Å². The van der Waals surface area contributed by atoms with E-state index in [2.05, 4.69) is 12.2 Å². The Kier molecular flexibility index (Phi) is 4.37. The van der Waals surface area contributed by atoms with Gasteiger partial charge in [-0.25, -0.2) is 0 Å². The Morgan fingerprint density at radius 2 is 1.90 bits per heavy atom. The minimum Gasteiger partial charge on any atom is -0.481 e. The first-order valence-electron chi connectivity index (χ1n) is 7.67. The highest BCUT2D eigenvalue weighted by molar-refractivity contribution is 5.85. The van der Waals surface area contributed by atoms with Gasteiger partial charge >= 0.3 is 5.97 Å². The van der Waals surface area contributed by atoms with Crippen molar-refractivity contribution in [2.45, 2.75) is 46.0 Å². The summed E-state index contributed by atoms with van der Waals surface area (Å²) < 4.78 is 0. The summed E-state index contributed by atoms with van der Waals surface area (Å²) in [7, 11) is 0. The SMILES string of the molecule is CCCC1(C(=O)N2CCC(C)(C(=O)O)C2)CCNCC1. The molecule has 2 N–H and O–H groups in total.